The van der Waals surface area contributed by atoms with E-state index in [0.29, 0.717) is 23.6 Å². The summed E-state index contributed by atoms with van der Waals surface area (Å²) in [5.41, 5.74) is 1.12. The molecule has 8 nitrogen and oxygen atoms in total. The van der Waals surface area contributed by atoms with Crippen molar-refractivity contribution in [2.75, 3.05) is 26.2 Å². The van der Waals surface area contributed by atoms with Crippen LogP contribution in [0.5, 0.6) is 0 Å². The summed E-state index contributed by atoms with van der Waals surface area (Å²) in [6, 6.07) is 15.0. The van der Waals surface area contributed by atoms with Crippen LogP contribution in [0.1, 0.15) is 28.8 Å². The Morgan fingerprint density at radius 3 is 2.33 bits per heavy atom. The summed E-state index contributed by atoms with van der Waals surface area (Å²) in [6.45, 7) is 1.16. The molecule has 0 bridgehead atoms. The Labute approximate surface area is 196 Å². The lowest BCUT2D eigenvalue weighted by atomic mass is 10.2. The minimum absolute atomic E-state index is 0.0456. The van der Waals surface area contributed by atoms with Crippen molar-refractivity contribution < 1.29 is 22.8 Å². The van der Waals surface area contributed by atoms with Crippen molar-refractivity contribution in [2.45, 2.75) is 17.7 Å². The fourth-order valence-electron chi connectivity index (χ4n) is 3.63. The SMILES string of the molecule is O=C(NCCN1C(=O)SC(=Cc2ccccc2)C1=O)c1ccc(S(=O)(=O)N2CCCC2)cc1. The number of amides is 3. The van der Waals surface area contributed by atoms with Crippen molar-refractivity contribution in [3.8, 4) is 0 Å². The van der Waals surface area contributed by atoms with E-state index in [9.17, 15) is 22.8 Å². The third kappa shape index (κ3) is 5.18. The maximum absolute atomic E-state index is 12.6. The first-order chi connectivity index (χ1) is 15.9. The van der Waals surface area contributed by atoms with Gasteiger partial charge in [-0.3, -0.25) is 19.3 Å². The quantitative estimate of drug-likeness (QED) is 0.605. The Morgan fingerprint density at radius 1 is 1.00 bits per heavy atom. The molecular formula is C23H23N3O5S2. The second-order valence-electron chi connectivity index (χ2n) is 7.64. The molecule has 0 radical (unpaired) electrons. The smallest absolute Gasteiger partial charge is 0.293 e. The van der Waals surface area contributed by atoms with Gasteiger partial charge in [-0.15, -0.1) is 0 Å². The van der Waals surface area contributed by atoms with Gasteiger partial charge >= 0.3 is 0 Å². The molecule has 0 aromatic heterocycles. The van der Waals surface area contributed by atoms with Crippen LogP contribution in [0.25, 0.3) is 6.08 Å². The monoisotopic (exact) mass is 485 g/mol. The third-order valence-corrected chi connectivity index (χ3v) is 8.23. The summed E-state index contributed by atoms with van der Waals surface area (Å²) >= 11 is 0.871. The Bertz CT molecular complexity index is 1190. The van der Waals surface area contributed by atoms with Crippen molar-refractivity contribution in [3.05, 3.63) is 70.6 Å². The van der Waals surface area contributed by atoms with E-state index in [4.69, 9.17) is 0 Å². The van der Waals surface area contributed by atoms with Crippen molar-refractivity contribution in [1.82, 2.24) is 14.5 Å². The molecule has 0 saturated carbocycles. The molecule has 4 rings (SSSR count). The number of nitrogens with one attached hydrogen (secondary N) is 1. The summed E-state index contributed by atoms with van der Waals surface area (Å²) < 4.78 is 26.6. The lowest BCUT2D eigenvalue weighted by molar-refractivity contribution is -0.122. The van der Waals surface area contributed by atoms with Gasteiger partial charge in [0, 0.05) is 31.7 Å². The Kier molecular flexibility index (Phi) is 6.96. The minimum atomic E-state index is -3.54. The zero-order chi connectivity index (χ0) is 23.4. The zero-order valence-corrected chi connectivity index (χ0v) is 19.4. The van der Waals surface area contributed by atoms with Crippen LogP contribution >= 0.6 is 11.8 Å². The molecule has 33 heavy (non-hydrogen) atoms. The number of carbonyl (C=O) groups is 3. The molecule has 172 valence electrons. The highest BCUT2D eigenvalue weighted by Gasteiger charge is 2.34. The Balaban J connectivity index is 1.32. The number of rotatable bonds is 7. The molecule has 0 aliphatic carbocycles. The van der Waals surface area contributed by atoms with Crippen LogP contribution in [0, 0.1) is 0 Å². The predicted molar refractivity (Wildman–Crippen MR) is 126 cm³/mol. The molecule has 2 saturated heterocycles. The number of sulfonamides is 1. The second kappa shape index (κ2) is 9.90. The van der Waals surface area contributed by atoms with Crippen molar-refractivity contribution in [2.24, 2.45) is 0 Å². The predicted octanol–water partition coefficient (Wildman–Crippen LogP) is 2.94. The first-order valence-electron chi connectivity index (χ1n) is 10.5. The normalized spacial score (nSPS) is 18.3. The van der Waals surface area contributed by atoms with Crippen molar-refractivity contribution >= 4 is 44.9 Å². The van der Waals surface area contributed by atoms with Gasteiger partial charge in [0.25, 0.3) is 17.1 Å². The standard InChI is InChI=1S/C23H23N3O5S2/c27-21(18-8-10-19(11-9-18)33(30,31)25-13-4-5-14-25)24-12-15-26-22(28)20(32-23(26)29)16-17-6-2-1-3-7-17/h1-3,6-11,16H,4-5,12-15H2,(H,24,27). The number of imide groups is 1. The minimum Gasteiger partial charge on any atom is -0.350 e. The van der Waals surface area contributed by atoms with E-state index in [0.717, 1.165) is 35.1 Å². The van der Waals surface area contributed by atoms with Gasteiger partial charge in [0.05, 0.1) is 9.80 Å². The second-order valence-corrected chi connectivity index (χ2v) is 10.6. The lowest BCUT2D eigenvalue weighted by Crippen LogP contribution is -2.37. The summed E-state index contributed by atoms with van der Waals surface area (Å²) in [5, 5.41) is 2.29. The van der Waals surface area contributed by atoms with Gasteiger partial charge in [-0.2, -0.15) is 4.31 Å². The zero-order valence-electron chi connectivity index (χ0n) is 17.8. The third-order valence-electron chi connectivity index (χ3n) is 5.41. The van der Waals surface area contributed by atoms with E-state index in [1.54, 1.807) is 6.08 Å². The number of hydrogen-bond donors (Lipinski definition) is 1. The number of benzene rings is 2. The maximum Gasteiger partial charge on any atom is 0.293 e. The molecule has 2 heterocycles. The number of hydrogen-bond acceptors (Lipinski definition) is 6. The van der Waals surface area contributed by atoms with Crippen LogP contribution in [0.3, 0.4) is 0 Å². The fourth-order valence-corrected chi connectivity index (χ4v) is 6.01. The van der Waals surface area contributed by atoms with E-state index >= 15 is 0 Å². The molecule has 3 amide bonds. The van der Waals surface area contributed by atoms with Crippen molar-refractivity contribution in [3.63, 3.8) is 0 Å². The van der Waals surface area contributed by atoms with Crippen molar-refractivity contribution in [1.29, 1.82) is 0 Å². The molecule has 0 spiro atoms. The molecule has 2 aliphatic heterocycles. The summed E-state index contributed by atoms with van der Waals surface area (Å²) in [5.74, 6) is -0.800. The van der Waals surface area contributed by atoms with E-state index in [1.165, 1.54) is 28.6 Å². The average molecular weight is 486 g/mol. The van der Waals surface area contributed by atoms with Crippen LogP contribution in [0.15, 0.2) is 64.4 Å². The van der Waals surface area contributed by atoms with Gasteiger partial charge in [-0.25, -0.2) is 8.42 Å². The van der Waals surface area contributed by atoms with Crippen LogP contribution in [-0.2, 0) is 14.8 Å². The fraction of sp³-hybridized carbons (Fsp3) is 0.261. The largest absolute Gasteiger partial charge is 0.350 e. The van der Waals surface area contributed by atoms with Gasteiger partial charge < -0.3 is 5.32 Å². The molecule has 2 fully saturated rings. The van der Waals surface area contributed by atoms with Crippen LogP contribution in [0.2, 0.25) is 0 Å². The van der Waals surface area contributed by atoms with E-state index in [2.05, 4.69) is 5.32 Å². The number of carbonyl (C=O) groups excluding carboxylic acids is 3. The highest BCUT2D eigenvalue weighted by atomic mass is 32.2. The molecular weight excluding hydrogens is 462 g/mol. The molecule has 1 N–H and O–H groups in total. The first kappa shape index (κ1) is 23.2. The van der Waals surface area contributed by atoms with Crippen LogP contribution in [0.4, 0.5) is 4.79 Å². The highest BCUT2D eigenvalue weighted by molar-refractivity contribution is 8.18. The van der Waals surface area contributed by atoms with E-state index in [1.807, 2.05) is 30.3 Å². The molecule has 0 atom stereocenters. The Morgan fingerprint density at radius 2 is 1.67 bits per heavy atom. The van der Waals surface area contributed by atoms with Gasteiger partial charge in [-0.05, 0) is 60.5 Å². The van der Waals surface area contributed by atoms with Crippen LogP contribution in [-0.4, -0.2) is 60.9 Å². The molecule has 2 aromatic rings. The Hall–Kier alpha value is -2.95. The van der Waals surface area contributed by atoms with Crippen LogP contribution < -0.4 is 5.32 Å². The maximum atomic E-state index is 12.6. The summed E-state index contributed by atoms with van der Waals surface area (Å²) in [7, 11) is -3.54. The summed E-state index contributed by atoms with van der Waals surface area (Å²) in [4.78, 5) is 38.8. The van der Waals surface area contributed by atoms with Gasteiger partial charge in [0.15, 0.2) is 0 Å². The van der Waals surface area contributed by atoms with E-state index in [-0.39, 0.29) is 29.1 Å². The van der Waals surface area contributed by atoms with Gasteiger partial charge in [-0.1, -0.05) is 30.3 Å². The van der Waals surface area contributed by atoms with E-state index < -0.39 is 15.9 Å². The highest BCUT2D eigenvalue weighted by Crippen LogP contribution is 2.31. The molecule has 10 heteroatoms. The number of thioether (sulfide) groups is 1. The average Bonchev–Trinajstić information content (AvgIpc) is 3.45. The number of nitrogens with zero attached hydrogens (tertiary/aromatic N) is 2. The molecule has 2 aromatic carbocycles. The van der Waals surface area contributed by atoms with Gasteiger partial charge in [0.1, 0.15) is 0 Å². The summed E-state index contributed by atoms with van der Waals surface area (Å²) in [6.07, 6.45) is 3.37. The molecule has 0 unspecified atom stereocenters. The topological polar surface area (TPSA) is 104 Å². The first-order valence-corrected chi connectivity index (χ1v) is 12.8. The molecule has 2 aliphatic rings. The van der Waals surface area contributed by atoms with Gasteiger partial charge in [0.2, 0.25) is 10.0 Å². The lowest BCUT2D eigenvalue weighted by Gasteiger charge is -2.16.